The summed E-state index contributed by atoms with van der Waals surface area (Å²) in [6.45, 7) is 2.54. The highest BCUT2D eigenvalue weighted by atomic mass is 16.2. The quantitative estimate of drug-likeness (QED) is 0.871. The fraction of sp³-hybridized carbons (Fsp3) is 0.316. The van der Waals surface area contributed by atoms with Gasteiger partial charge in [0.05, 0.1) is 12.3 Å². The lowest BCUT2D eigenvalue weighted by atomic mass is 10.0. The molecule has 0 aromatic carbocycles. The van der Waals surface area contributed by atoms with Gasteiger partial charge in [0.2, 0.25) is 5.91 Å². The lowest BCUT2D eigenvalue weighted by molar-refractivity contribution is -0.124. The van der Waals surface area contributed by atoms with E-state index in [0.717, 1.165) is 33.8 Å². The van der Waals surface area contributed by atoms with Gasteiger partial charge in [-0.2, -0.15) is 0 Å². The van der Waals surface area contributed by atoms with Crippen LogP contribution >= 0.6 is 0 Å². The molecule has 0 aliphatic carbocycles. The predicted octanol–water partition coefficient (Wildman–Crippen LogP) is 1.77. The molecular formula is C19H20N4O2. The number of aromatic nitrogens is 2. The molecule has 0 saturated carbocycles. The number of rotatable bonds is 6. The number of pyridine rings is 2. The normalized spacial score (nSPS) is 12.5. The second kappa shape index (κ2) is 7.34. The molecule has 1 amide bonds. The zero-order valence-electron chi connectivity index (χ0n) is 14.4. The van der Waals surface area contributed by atoms with E-state index in [-0.39, 0.29) is 31.0 Å². The first-order valence-electron chi connectivity index (χ1n) is 8.24. The number of amides is 1. The van der Waals surface area contributed by atoms with E-state index in [1.807, 2.05) is 25.1 Å². The van der Waals surface area contributed by atoms with Gasteiger partial charge >= 0.3 is 0 Å². The van der Waals surface area contributed by atoms with E-state index < -0.39 is 0 Å². The Bertz CT molecular complexity index is 858. The number of aryl methyl sites for hydroxylation is 1. The number of hydrogen-bond donors (Lipinski definition) is 1. The maximum Gasteiger partial charge on any atom is 0.220 e. The molecule has 0 unspecified atom stereocenters. The topological polar surface area (TPSA) is 84.3 Å². The number of hydrogen-bond acceptors (Lipinski definition) is 5. The fourth-order valence-electron chi connectivity index (χ4n) is 2.84. The number of carbonyl (C=O) groups excluding carboxylic acids is 2. The average Bonchev–Trinajstić information content (AvgIpc) is 3.03. The molecule has 25 heavy (non-hydrogen) atoms. The summed E-state index contributed by atoms with van der Waals surface area (Å²) in [7, 11) is 1.57. The van der Waals surface area contributed by atoms with Crippen molar-refractivity contribution in [2.75, 3.05) is 7.05 Å². The number of nitrogens with one attached hydrogen (secondary N) is 1. The summed E-state index contributed by atoms with van der Waals surface area (Å²) in [6.07, 6.45) is 4.26. The molecule has 128 valence electrons. The molecule has 1 aliphatic heterocycles. The molecule has 2 aromatic rings. The molecule has 1 aliphatic rings. The molecule has 0 bridgehead atoms. The van der Waals surface area contributed by atoms with Crippen LogP contribution in [0.5, 0.6) is 0 Å². The van der Waals surface area contributed by atoms with E-state index in [2.05, 4.69) is 20.3 Å². The van der Waals surface area contributed by atoms with E-state index in [1.54, 1.807) is 19.4 Å². The van der Waals surface area contributed by atoms with Crippen molar-refractivity contribution in [2.24, 2.45) is 4.99 Å². The third-order valence-electron chi connectivity index (χ3n) is 4.17. The molecule has 0 spiro atoms. The van der Waals surface area contributed by atoms with Gasteiger partial charge < -0.3 is 5.32 Å². The molecule has 3 heterocycles. The Morgan fingerprint density at radius 3 is 2.80 bits per heavy atom. The van der Waals surface area contributed by atoms with Crippen molar-refractivity contribution in [3.63, 3.8) is 0 Å². The first-order valence-corrected chi connectivity index (χ1v) is 8.24. The maximum absolute atomic E-state index is 12.0. The third kappa shape index (κ3) is 3.96. The van der Waals surface area contributed by atoms with Gasteiger partial charge in [0.25, 0.3) is 0 Å². The number of nitrogens with zero attached hydrogens (tertiary/aromatic N) is 3. The van der Waals surface area contributed by atoms with Gasteiger partial charge in [0, 0.05) is 61.2 Å². The van der Waals surface area contributed by atoms with Crippen molar-refractivity contribution in [2.45, 2.75) is 32.7 Å². The molecular weight excluding hydrogens is 316 g/mol. The minimum atomic E-state index is -0.124. The molecule has 1 N–H and O–H groups in total. The predicted molar refractivity (Wildman–Crippen MR) is 94.6 cm³/mol. The molecule has 3 rings (SSSR count). The Balaban J connectivity index is 1.70. The van der Waals surface area contributed by atoms with Crippen molar-refractivity contribution in [3.05, 3.63) is 58.7 Å². The Kier molecular flexibility index (Phi) is 4.97. The number of carbonyl (C=O) groups is 2. The Labute approximate surface area is 146 Å². The van der Waals surface area contributed by atoms with Gasteiger partial charge in [0.1, 0.15) is 5.78 Å². The number of ketones is 1. The van der Waals surface area contributed by atoms with Crippen molar-refractivity contribution >= 4 is 17.4 Å². The summed E-state index contributed by atoms with van der Waals surface area (Å²) in [4.78, 5) is 36.5. The molecule has 0 atom stereocenters. The summed E-state index contributed by atoms with van der Waals surface area (Å²) in [5.41, 5.74) is 5.71. The van der Waals surface area contributed by atoms with E-state index in [0.29, 0.717) is 6.54 Å². The summed E-state index contributed by atoms with van der Waals surface area (Å²) < 4.78 is 0. The monoisotopic (exact) mass is 336 g/mol. The van der Waals surface area contributed by atoms with Crippen LogP contribution in [0.25, 0.3) is 0 Å². The van der Waals surface area contributed by atoms with Gasteiger partial charge in [-0.25, -0.2) is 0 Å². The minimum absolute atomic E-state index is 0.0138. The van der Waals surface area contributed by atoms with Crippen LogP contribution in [0.2, 0.25) is 0 Å². The first kappa shape index (κ1) is 17.0. The van der Waals surface area contributed by atoms with E-state index in [1.165, 1.54) is 0 Å². The van der Waals surface area contributed by atoms with E-state index in [4.69, 9.17) is 0 Å². The van der Waals surface area contributed by atoms with Gasteiger partial charge in [0.15, 0.2) is 0 Å². The third-order valence-corrected chi connectivity index (χ3v) is 4.17. The van der Waals surface area contributed by atoms with Crippen molar-refractivity contribution in [1.82, 2.24) is 15.3 Å². The van der Waals surface area contributed by atoms with Gasteiger partial charge in [-0.15, -0.1) is 0 Å². The van der Waals surface area contributed by atoms with Gasteiger partial charge in [-0.1, -0.05) is 0 Å². The van der Waals surface area contributed by atoms with Crippen molar-refractivity contribution in [1.29, 1.82) is 0 Å². The van der Waals surface area contributed by atoms with Crippen LogP contribution in [-0.2, 0) is 22.6 Å². The summed E-state index contributed by atoms with van der Waals surface area (Å²) >= 11 is 0. The highest BCUT2D eigenvalue weighted by molar-refractivity contribution is 6.15. The van der Waals surface area contributed by atoms with E-state index >= 15 is 0 Å². The lowest BCUT2D eigenvalue weighted by Gasteiger charge is -2.06. The van der Waals surface area contributed by atoms with E-state index in [9.17, 15) is 9.59 Å². The molecule has 6 heteroatoms. The zero-order valence-corrected chi connectivity index (χ0v) is 14.4. The van der Waals surface area contributed by atoms with Crippen LogP contribution in [0.15, 0.2) is 35.6 Å². The fourth-order valence-corrected chi connectivity index (χ4v) is 2.84. The smallest absolute Gasteiger partial charge is 0.220 e. The molecule has 6 nitrogen and oxygen atoms in total. The van der Waals surface area contributed by atoms with Crippen LogP contribution in [-0.4, -0.2) is 34.4 Å². The van der Waals surface area contributed by atoms with Crippen molar-refractivity contribution < 1.29 is 9.59 Å². The average molecular weight is 336 g/mol. The highest BCUT2D eigenvalue weighted by Gasteiger charge is 2.19. The lowest BCUT2D eigenvalue weighted by Crippen LogP contribution is -2.19. The largest absolute Gasteiger partial charge is 0.359 e. The molecule has 0 radical (unpaired) electrons. The van der Waals surface area contributed by atoms with Crippen LogP contribution in [0.3, 0.4) is 0 Å². The van der Waals surface area contributed by atoms with Gasteiger partial charge in [-0.3, -0.25) is 24.5 Å². The molecule has 0 saturated heterocycles. The second-order valence-electron chi connectivity index (χ2n) is 6.07. The zero-order chi connectivity index (χ0) is 17.8. The van der Waals surface area contributed by atoms with Crippen LogP contribution in [0.1, 0.15) is 40.9 Å². The Morgan fingerprint density at radius 1 is 1.20 bits per heavy atom. The standard InChI is InChI=1S/C19H20N4O2/c1-12-7-13(5-6-21-12)19-17-11-22-15(8-14(17)10-23-19)9-16(24)3-4-18(25)20-2/h5-8,11H,3-4,9-10H2,1-2H3,(H,20,25). The summed E-state index contributed by atoms with van der Waals surface area (Å²) in [6, 6.07) is 5.89. The van der Waals surface area contributed by atoms with Crippen LogP contribution < -0.4 is 5.32 Å². The first-order chi connectivity index (χ1) is 12.1. The summed E-state index contributed by atoms with van der Waals surface area (Å²) in [5, 5.41) is 2.52. The van der Waals surface area contributed by atoms with Crippen LogP contribution in [0.4, 0.5) is 0 Å². The van der Waals surface area contributed by atoms with Crippen molar-refractivity contribution in [3.8, 4) is 0 Å². The number of aliphatic imine (C=N–C) groups is 1. The second-order valence-corrected chi connectivity index (χ2v) is 6.07. The molecule has 0 fully saturated rings. The Hall–Kier alpha value is -2.89. The number of Topliss-reactive ketones (excluding diaryl/α,β-unsaturated/α-hetero) is 1. The SMILES string of the molecule is CNC(=O)CCC(=O)Cc1cc2c(cn1)C(c1ccnc(C)c1)=NC2. The highest BCUT2D eigenvalue weighted by Crippen LogP contribution is 2.23. The summed E-state index contributed by atoms with van der Waals surface area (Å²) in [5.74, 6) is -0.110. The maximum atomic E-state index is 12.0. The Morgan fingerprint density at radius 2 is 2.04 bits per heavy atom. The number of fused-ring (bicyclic) bond motifs is 1. The van der Waals surface area contributed by atoms with Gasteiger partial charge in [-0.05, 0) is 30.7 Å². The molecule has 2 aromatic heterocycles. The van der Waals surface area contributed by atoms with Crippen LogP contribution in [0, 0.1) is 6.92 Å². The minimum Gasteiger partial charge on any atom is -0.359 e.